The summed E-state index contributed by atoms with van der Waals surface area (Å²) in [7, 11) is -3.55. The Morgan fingerprint density at radius 3 is 2.35 bits per heavy atom. The lowest BCUT2D eigenvalue weighted by molar-refractivity contribution is 0.0696. The Bertz CT molecular complexity index is 602. The highest BCUT2D eigenvalue weighted by atomic mass is 32.2. The highest BCUT2D eigenvalue weighted by Gasteiger charge is 2.20. The fourth-order valence-electron chi connectivity index (χ4n) is 1.90. The Kier molecular flexibility index (Phi) is 5.30. The summed E-state index contributed by atoms with van der Waals surface area (Å²) in [5.41, 5.74) is 1.11. The number of hydrogen-bond donors (Lipinski definition) is 1. The standard InChI is InChI=1S/C14H20O5S/c1-9(2)19-5-6-20(17,18)13-8-12(14(15)16)10(3)7-11(13)4/h7-9H,5-6H2,1-4H3,(H,15,16). The van der Waals surface area contributed by atoms with E-state index in [1.807, 2.05) is 13.8 Å². The van der Waals surface area contributed by atoms with E-state index in [1.54, 1.807) is 19.9 Å². The zero-order chi connectivity index (χ0) is 15.5. The average Bonchev–Trinajstić information content (AvgIpc) is 2.26. The smallest absolute Gasteiger partial charge is 0.335 e. The van der Waals surface area contributed by atoms with E-state index in [1.165, 1.54) is 6.07 Å². The van der Waals surface area contributed by atoms with Crippen LogP contribution in [0, 0.1) is 13.8 Å². The highest BCUT2D eigenvalue weighted by Crippen LogP contribution is 2.22. The van der Waals surface area contributed by atoms with Crippen LogP contribution in [0.2, 0.25) is 0 Å². The number of ether oxygens (including phenoxy) is 1. The number of hydrogen-bond acceptors (Lipinski definition) is 4. The van der Waals surface area contributed by atoms with Crippen molar-refractivity contribution in [2.45, 2.75) is 38.7 Å². The van der Waals surface area contributed by atoms with Crippen LogP contribution in [0.3, 0.4) is 0 Å². The minimum Gasteiger partial charge on any atom is -0.478 e. The van der Waals surface area contributed by atoms with Crippen LogP contribution in [0.1, 0.15) is 35.3 Å². The summed E-state index contributed by atoms with van der Waals surface area (Å²) in [5, 5.41) is 9.08. The third-order valence-electron chi connectivity index (χ3n) is 2.89. The Morgan fingerprint density at radius 2 is 1.85 bits per heavy atom. The fraction of sp³-hybridized carbons (Fsp3) is 0.500. The molecule has 1 N–H and O–H groups in total. The van der Waals surface area contributed by atoms with Gasteiger partial charge in [-0.15, -0.1) is 0 Å². The van der Waals surface area contributed by atoms with Gasteiger partial charge in [-0.25, -0.2) is 13.2 Å². The van der Waals surface area contributed by atoms with Crippen LogP contribution >= 0.6 is 0 Å². The number of carboxylic acids is 1. The third kappa shape index (κ3) is 4.05. The summed E-state index contributed by atoms with van der Waals surface area (Å²) in [6, 6.07) is 2.82. The zero-order valence-corrected chi connectivity index (χ0v) is 13.0. The van der Waals surface area contributed by atoms with Gasteiger partial charge in [-0.05, 0) is 44.9 Å². The second kappa shape index (κ2) is 6.37. The van der Waals surface area contributed by atoms with Crippen molar-refractivity contribution in [3.8, 4) is 0 Å². The van der Waals surface area contributed by atoms with Gasteiger partial charge in [0.25, 0.3) is 0 Å². The molecule has 0 unspecified atom stereocenters. The van der Waals surface area contributed by atoms with Gasteiger partial charge in [-0.1, -0.05) is 6.07 Å². The second-order valence-electron chi connectivity index (χ2n) is 4.98. The predicted molar refractivity (Wildman–Crippen MR) is 76.0 cm³/mol. The minimum atomic E-state index is -3.55. The van der Waals surface area contributed by atoms with E-state index >= 15 is 0 Å². The van der Waals surface area contributed by atoms with Crippen molar-refractivity contribution in [1.82, 2.24) is 0 Å². The summed E-state index contributed by atoms with van der Waals surface area (Å²) in [6.45, 7) is 7.05. The van der Waals surface area contributed by atoms with Gasteiger partial charge in [-0.3, -0.25) is 0 Å². The van der Waals surface area contributed by atoms with Crippen molar-refractivity contribution in [3.05, 3.63) is 28.8 Å². The minimum absolute atomic E-state index is 0.0129. The molecule has 0 fully saturated rings. The molecular weight excluding hydrogens is 280 g/mol. The molecule has 0 aliphatic carbocycles. The number of aryl methyl sites for hydroxylation is 2. The van der Waals surface area contributed by atoms with Crippen LogP contribution in [0.25, 0.3) is 0 Å². The van der Waals surface area contributed by atoms with Gasteiger partial charge in [0.05, 0.1) is 28.9 Å². The average molecular weight is 300 g/mol. The molecule has 0 bridgehead atoms. The molecule has 0 aromatic heterocycles. The van der Waals surface area contributed by atoms with Gasteiger partial charge in [0.2, 0.25) is 0 Å². The molecule has 6 heteroatoms. The summed E-state index contributed by atoms with van der Waals surface area (Å²) in [6.07, 6.45) is -0.0427. The third-order valence-corrected chi connectivity index (χ3v) is 4.70. The van der Waals surface area contributed by atoms with Crippen molar-refractivity contribution < 1.29 is 23.1 Å². The summed E-state index contributed by atoms with van der Waals surface area (Å²) in [4.78, 5) is 11.2. The topological polar surface area (TPSA) is 80.7 Å². The zero-order valence-electron chi connectivity index (χ0n) is 12.1. The van der Waals surface area contributed by atoms with Crippen LogP contribution in [0.4, 0.5) is 0 Å². The first kappa shape index (κ1) is 16.7. The van der Waals surface area contributed by atoms with E-state index < -0.39 is 15.8 Å². The molecule has 5 nitrogen and oxygen atoms in total. The molecule has 0 amide bonds. The Hall–Kier alpha value is -1.40. The number of rotatable bonds is 6. The molecule has 112 valence electrons. The maximum Gasteiger partial charge on any atom is 0.335 e. The molecule has 1 rings (SSSR count). The molecule has 0 heterocycles. The lowest BCUT2D eigenvalue weighted by atomic mass is 10.1. The Labute approximate surface area is 119 Å². The van der Waals surface area contributed by atoms with Crippen molar-refractivity contribution in [2.24, 2.45) is 0 Å². The van der Waals surface area contributed by atoms with Crippen LogP contribution in [0.5, 0.6) is 0 Å². The fourth-order valence-corrected chi connectivity index (χ4v) is 3.28. The van der Waals surface area contributed by atoms with Gasteiger partial charge < -0.3 is 9.84 Å². The number of aromatic carboxylic acids is 1. The van der Waals surface area contributed by atoms with E-state index in [0.29, 0.717) is 11.1 Å². The van der Waals surface area contributed by atoms with Crippen molar-refractivity contribution in [3.63, 3.8) is 0 Å². The lowest BCUT2D eigenvalue weighted by Crippen LogP contribution is -2.17. The molecular formula is C14H20O5S. The van der Waals surface area contributed by atoms with E-state index in [4.69, 9.17) is 9.84 Å². The van der Waals surface area contributed by atoms with Gasteiger partial charge in [0.15, 0.2) is 9.84 Å². The Morgan fingerprint density at radius 1 is 1.25 bits per heavy atom. The van der Waals surface area contributed by atoms with Crippen molar-refractivity contribution in [2.75, 3.05) is 12.4 Å². The van der Waals surface area contributed by atoms with Crippen molar-refractivity contribution >= 4 is 15.8 Å². The van der Waals surface area contributed by atoms with Crippen LogP contribution in [-0.2, 0) is 14.6 Å². The van der Waals surface area contributed by atoms with Crippen LogP contribution in [-0.4, -0.2) is 38.0 Å². The van der Waals surface area contributed by atoms with Gasteiger partial charge in [0.1, 0.15) is 0 Å². The van der Waals surface area contributed by atoms with E-state index in [9.17, 15) is 13.2 Å². The van der Waals surface area contributed by atoms with Crippen molar-refractivity contribution in [1.29, 1.82) is 0 Å². The first-order chi connectivity index (χ1) is 9.15. The number of carbonyl (C=O) groups is 1. The maximum absolute atomic E-state index is 12.2. The molecule has 0 atom stereocenters. The first-order valence-electron chi connectivity index (χ1n) is 6.34. The van der Waals surface area contributed by atoms with E-state index in [2.05, 4.69) is 0 Å². The van der Waals surface area contributed by atoms with E-state index in [0.717, 1.165) is 0 Å². The largest absolute Gasteiger partial charge is 0.478 e. The molecule has 20 heavy (non-hydrogen) atoms. The first-order valence-corrected chi connectivity index (χ1v) is 7.99. The van der Waals surface area contributed by atoms with Gasteiger partial charge in [-0.2, -0.15) is 0 Å². The van der Waals surface area contributed by atoms with Crippen LogP contribution in [0.15, 0.2) is 17.0 Å². The van der Waals surface area contributed by atoms with Gasteiger partial charge in [0, 0.05) is 0 Å². The normalized spacial score (nSPS) is 11.8. The summed E-state index contributed by atoms with van der Waals surface area (Å²) < 4.78 is 29.7. The quantitative estimate of drug-likeness (QED) is 0.871. The number of sulfone groups is 1. The number of carboxylic acid groups (broad SMARTS) is 1. The summed E-state index contributed by atoms with van der Waals surface area (Å²) >= 11 is 0. The molecule has 1 aromatic rings. The Balaban J connectivity index is 3.11. The second-order valence-corrected chi connectivity index (χ2v) is 7.05. The molecule has 1 aromatic carbocycles. The monoisotopic (exact) mass is 300 g/mol. The van der Waals surface area contributed by atoms with Crippen LogP contribution < -0.4 is 0 Å². The SMILES string of the molecule is Cc1cc(C)c(S(=O)(=O)CCOC(C)C)cc1C(=O)O. The molecule has 0 aliphatic rings. The maximum atomic E-state index is 12.2. The highest BCUT2D eigenvalue weighted by molar-refractivity contribution is 7.91. The van der Waals surface area contributed by atoms with E-state index in [-0.39, 0.29) is 28.9 Å². The molecule has 0 radical (unpaired) electrons. The molecule has 0 spiro atoms. The molecule has 0 saturated carbocycles. The lowest BCUT2D eigenvalue weighted by Gasteiger charge is -2.12. The summed E-state index contributed by atoms with van der Waals surface area (Å²) in [5.74, 6) is -1.29. The predicted octanol–water partition coefficient (Wildman–Crippen LogP) is 2.20. The number of benzene rings is 1. The van der Waals surface area contributed by atoms with Gasteiger partial charge >= 0.3 is 5.97 Å². The molecule has 0 saturated heterocycles. The molecule has 0 aliphatic heterocycles.